The summed E-state index contributed by atoms with van der Waals surface area (Å²) < 4.78 is 4.66. The smallest absolute Gasteiger partial charge is 0.307 e. The number of carbonyl (C=O) groups is 2. The minimum atomic E-state index is -0.247. The van der Waals surface area contributed by atoms with E-state index in [9.17, 15) is 9.59 Å². The van der Waals surface area contributed by atoms with Gasteiger partial charge in [-0.2, -0.15) is 0 Å². The number of guanidine groups is 1. The second-order valence-electron chi connectivity index (χ2n) is 6.79. The van der Waals surface area contributed by atoms with Crippen LogP contribution in [0.5, 0.6) is 0 Å². The van der Waals surface area contributed by atoms with Crippen LogP contribution in [-0.4, -0.2) is 98.0 Å². The maximum Gasteiger partial charge on any atom is 0.307 e. The highest BCUT2D eigenvalue weighted by atomic mass is 16.5. The molecule has 0 bridgehead atoms. The van der Waals surface area contributed by atoms with E-state index in [-0.39, 0.29) is 24.3 Å². The van der Waals surface area contributed by atoms with Gasteiger partial charge in [-0.15, -0.1) is 0 Å². The molecule has 1 unspecified atom stereocenters. The van der Waals surface area contributed by atoms with Crippen molar-refractivity contribution in [2.45, 2.75) is 39.2 Å². The van der Waals surface area contributed by atoms with Gasteiger partial charge in [0.1, 0.15) is 0 Å². The summed E-state index contributed by atoms with van der Waals surface area (Å²) in [5.41, 5.74) is 0. The Morgan fingerprint density at radius 3 is 2.31 bits per heavy atom. The first-order valence-corrected chi connectivity index (χ1v) is 9.69. The van der Waals surface area contributed by atoms with Gasteiger partial charge >= 0.3 is 5.97 Å². The highest BCUT2D eigenvalue weighted by Gasteiger charge is 2.30. The summed E-state index contributed by atoms with van der Waals surface area (Å²) in [6, 6.07) is -0.0610. The molecule has 0 saturated carbocycles. The molecule has 2 heterocycles. The van der Waals surface area contributed by atoms with Crippen molar-refractivity contribution in [3.8, 4) is 0 Å². The van der Waals surface area contributed by atoms with Crippen LogP contribution >= 0.6 is 0 Å². The summed E-state index contributed by atoms with van der Waals surface area (Å²) >= 11 is 0. The van der Waals surface area contributed by atoms with E-state index in [1.807, 2.05) is 18.7 Å². The third-order valence-electron chi connectivity index (χ3n) is 5.08. The molecular formula is C18H33N5O3. The van der Waals surface area contributed by atoms with Crippen molar-refractivity contribution in [3.05, 3.63) is 0 Å². The molecule has 0 aliphatic carbocycles. The van der Waals surface area contributed by atoms with Gasteiger partial charge in [0.2, 0.25) is 5.91 Å². The van der Waals surface area contributed by atoms with Gasteiger partial charge in [0.15, 0.2) is 5.96 Å². The molecule has 1 N–H and O–H groups in total. The van der Waals surface area contributed by atoms with Gasteiger partial charge in [-0.25, -0.2) is 0 Å². The van der Waals surface area contributed by atoms with Crippen LogP contribution in [-0.2, 0) is 14.3 Å². The third kappa shape index (κ3) is 5.59. The molecule has 0 radical (unpaired) electrons. The number of piperazine rings is 1. The van der Waals surface area contributed by atoms with Gasteiger partial charge in [-0.3, -0.25) is 19.5 Å². The highest BCUT2D eigenvalue weighted by Crippen LogP contribution is 2.14. The zero-order valence-corrected chi connectivity index (χ0v) is 16.4. The zero-order chi connectivity index (χ0) is 18.9. The third-order valence-corrected chi connectivity index (χ3v) is 5.08. The molecular weight excluding hydrogens is 334 g/mol. The molecule has 0 aromatic carbocycles. The number of rotatable bonds is 6. The number of hydrogen-bond donors (Lipinski definition) is 1. The first-order chi connectivity index (χ1) is 12.6. The Morgan fingerprint density at radius 2 is 1.73 bits per heavy atom. The van der Waals surface area contributed by atoms with Crippen LogP contribution in [0.2, 0.25) is 0 Å². The molecule has 2 aliphatic heterocycles. The summed E-state index contributed by atoms with van der Waals surface area (Å²) in [5.74, 6) is 0.841. The lowest BCUT2D eigenvalue weighted by atomic mass is 10.2. The van der Waals surface area contributed by atoms with E-state index in [2.05, 4.69) is 24.8 Å². The van der Waals surface area contributed by atoms with Gasteiger partial charge < -0.3 is 19.9 Å². The quantitative estimate of drug-likeness (QED) is 0.409. The topological polar surface area (TPSA) is 77.5 Å². The Labute approximate surface area is 156 Å². The van der Waals surface area contributed by atoms with Crippen molar-refractivity contribution < 1.29 is 14.3 Å². The van der Waals surface area contributed by atoms with Gasteiger partial charge in [-0.05, 0) is 26.7 Å². The van der Waals surface area contributed by atoms with Crippen LogP contribution in [0.25, 0.3) is 0 Å². The summed E-state index contributed by atoms with van der Waals surface area (Å²) in [4.78, 5) is 34.8. The van der Waals surface area contributed by atoms with E-state index in [1.54, 1.807) is 0 Å². The van der Waals surface area contributed by atoms with E-state index >= 15 is 0 Å². The summed E-state index contributed by atoms with van der Waals surface area (Å²) in [6.07, 6.45) is 2.54. The predicted molar refractivity (Wildman–Crippen MR) is 101 cm³/mol. The summed E-state index contributed by atoms with van der Waals surface area (Å²) in [7, 11) is 1.39. The van der Waals surface area contributed by atoms with Crippen molar-refractivity contribution in [1.29, 1.82) is 0 Å². The van der Waals surface area contributed by atoms with E-state index < -0.39 is 0 Å². The summed E-state index contributed by atoms with van der Waals surface area (Å²) in [6.45, 7) is 10.4. The Balaban J connectivity index is 1.84. The highest BCUT2D eigenvalue weighted by molar-refractivity contribution is 5.82. The van der Waals surface area contributed by atoms with E-state index in [0.717, 1.165) is 64.6 Å². The number of aliphatic imine (C=N–C) groups is 1. The molecule has 1 atom stereocenters. The van der Waals surface area contributed by atoms with Crippen molar-refractivity contribution in [2.75, 3.05) is 59.5 Å². The normalized spacial score (nSPS) is 20.2. The molecule has 1 amide bonds. The molecule has 0 spiro atoms. The molecule has 2 aliphatic rings. The van der Waals surface area contributed by atoms with Crippen molar-refractivity contribution >= 4 is 17.8 Å². The standard InChI is InChI=1S/C18H33N5O3/c1-4-19-18(20-8-7-16(24)26-3)23-13-11-21(12-14-23)15(2)17(25)22-9-5-6-10-22/h15H,4-14H2,1-3H3,(H,19,20). The molecule has 0 aromatic heterocycles. The number of nitrogens with zero attached hydrogens (tertiary/aromatic N) is 4. The number of hydrogen-bond acceptors (Lipinski definition) is 5. The number of esters is 1. The number of carbonyl (C=O) groups excluding carboxylic acids is 2. The molecule has 148 valence electrons. The monoisotopic (exact) mass is 367 g/mol. The van der Waals surface area contributed by atoms with Gasteiger partial charge in [0.25, 0.3) is 0 Å². The number of likely N-dealkylation sites (tertiary alicyclic amines) is 1. The SMILES string of the molecule is CCNC(=NCCC(=O)OC)N1CCN(C(C)C(=O)N2CCCC2)CC1. The van der Waals surface area contributed by atoms with Crippen LogP contribution in [0, 0.1) is 0 Å². The number of ether oxygens (including phenoxy) is 1. The van der Waals surface area contributed by atoms with Crippen molar-refractivity contribution in [1.82, 2.24) is 20.0 Å². The Hall–Kier alpha value is -1.83. The first kappa shape index (κ1) is 20.5. The zero-order valence-electron chi connectivity index (χ0n) is 16.4. The fourth-order valence-corrected chi connectivity index (χ4v) is 3.46. The molecule has 8 heteroatoms. The fourth-order valence-electron chi connectivity index (χ4n) is 3.46. The van der Waals surface area contributed by atoms with E-state index in [4.69, 9.17) is 0 Å². The van der Waals surface area contributed by atoms with Crippen LogP contribution in [0.15, 0.2) is 4.99 Å². The molecule has 2 fully saturated rings. The van der Waals surface area contributed by atoms with Crippen LogP contribution in [0.3, 0.4) is 0 Å². The van der Waals surface area contributed by atoms with Gasteiger partial charge in [0.05, 0.1) is 26.1 Å². The van der Waals surface area contributed by atoms with E-state index in [1.165, 1.54) is 7.11 Å². The lowest BCUT2D eigenvalue weighted by molar-refractivity contribution is -0.140. The molecule has 2 rings (SSSR count). The molecule has 8 nitrogen and oxygen atoms in total. The molecule has 2 saturated heterocycles. The Morgan fingerprint density at radius 1 is 1.08 bits per heavy atom. The molecule has 26 heavy (non-hydrogen) atoms. The van der Waals surface area contributed by atoms with Crippen LogP contribution < -0.4 is 5.32 Å². The number of methoxy groups -OCH3 is 1. The second kappa shape index (κ2) is 10.4. The maximum atomic E-state index is 12.6. The van der Waals surface area contributed by atoms with Crippen molar-refractivity contribution in [3.63, 3.8) is 0 Å². The fraction of sp³-hybridized carbons (Fsp3) is 0.833. The van der Waals surface area contributed by atoms with Gasteiger partial charge in [0, 0.05) is 45.8 Å². The molecule has 0 aromatic rings. The predicted octanol–water partition coefficient (Wildman–Crippen LogP) is 0.144. The Kier molecular flexibility index (Phi) is 8.15. The Bertz CT molecular complexity index is 497. The maximum absolute atomic E-state index is 12.6. The first-order valence-electron chi connectivity index (χ1n) is 9.69. The van der Waals surface area contributed by atoms with Crippen molar-refractivity contribution in [2.24, 2.45) is 4.99 Å². The second-order valence-corrected chi connectivity index (χ2v) is 6.79. The largest absolute Gasteiger partial charge is 0.469 e. The van der Waals surface area contributed by atoms with E-state index in [0.29, 0.717) is 6.54 Å². The minimum absolute atomic E-state index is 0.0610. The van der Waals surface area contributed by atoms with Gasteiger partial charge in [-0.1, -0.05) is 0 Å². The lowest BCUT2D eigenvalue weighted by Gasteiger charge is -2.39. The van der Waals surface area contributed by atoms with Crippen LogP contribution in [0.1, 0.15) is 33.1 Å². The lowest BCUT2D eigenvalue weighted by Crippen LogP contribution is -2.57. The summed E-state index contributed by atoms with van der Waals surface area (Å²) in [5, 5.41) is 3.29. The minimum Gasteiger partial charge on any atom is -0.469 e. The average molecular weight is 367 g/mol. The number of amides is 1. The van der Waals surface area contributed by atoms with Crippen LogP contribution in [0.4, 0.5) is 0 Å². The number of nitrogens with one attached hydrogen (secondary N) is 1. The average Bonchev–Trinajstić information content (AvgIpc) is 3.21.